The first-order chi connectivity index (χ1) is 15.7. The van der Waals surface area contributed by atoms with Crippen LogP contribution in [0.1, 0.15) is 36.6 Å². The van der Waals surface area contributed by atoms with Crippen LogP contribution in [0.15, 0.2) is 49.2 Å². The number of nitrogens with zero attached hydrogens (tertiary/aromatic N) is 3. The highest BCUT2D eigenvalue weighted by atomic mass is 32.2. The normalized spacial score (nSPS) is 13.0. The second-order valence-electron chi connectivity index (χ2n) is 8.00. The maximum atomic E-state index is 12.6. The zero-order chi connectivity index (χ0) is 24.2. The number of sulfonamides is 1. The molecule has 1 amide bonds. The third kappa shape index (κ3) is 5.43. The van der Waals surface area contributed by atoms with E-state index in [1.165, 1.54) is 17.7 Å². The number of hydrogen-bond acceptors (Lipinski definition) is 5. The number of nitrogens with one attached hydrogen (secondary N) is 2. The molecule has 33 heavy (non-hydrogen) atoms. The summed E-state index contributed by atoms with van der Waals surface area (Å²) >= 11 is 0. The number of carbonyl (C=O) groups is 1. The molecule has 0 bridgehead atoms. The maximum absolute atomic E-state index is 12.6. The molecule has 0 saturated carbocycles. The van der Waals surface area contributed by atoms with Crippen LogP contribution in [0.25, 0.3) is 22.8 Å². The molecule has 0 aliphatic heterocycles. The first-order valence-electron chi connectivity index (χ1n) is 10.9. The Morgan fingerprint density at radius 2 is 2.03 bits per heavy atom. The molecule has 2 N–H and O–H groups in total. The van der Waals surface area contributed by atoms with Crippen LogP contribution in [0.5, 0.6) is 0 Å². The van der Waals surface area contributed by atoms with Crippen molar-refractivity contribution < 1.29 is 13.2 Å². The van der Waals surface area contributed by atoms with Gasteiger partial charge >= 0.3 is 0 Å². The first-order valence-corrected chi connectivity index (χ1v) is 12.4. The minimum atomic E-state index is -3.95. The number of aromatic nitrogens is 3. The van der Waals surface area contributed by atoms with E-state index in [2.05, 4.69) is 27.8 Å². The second-order valence-corrected chi connectivity index (χ2v) is 9.80. The molecule has 8 nitrogen and oxygen atoms in total. The Morgan fingerprint density at radius 3 is 2.73 bits per heavy atom. The molecular formula is C24H31N5O3S. The molecule has 3 rings (SSSR count). The summed E-state index contributed by atoms with van der Waals surface area (Å²) in [5.74, 6) is 0.0461. The summed E-state index contributed by atoms with van der Waals surface area (Å²) < 4.78 is 31.0. The summed E-state index contributed by atoms with van der Waals surface area (Å²) in [5.41, 5.74) is 3.63. The van der Waals surface area contributed by atoms with Crippen molar-refractivity contribution >= 4 is 32.9 Å². The van der Waals surface area contributed by atoms with Crippen molar-refractivity contribution in [3.05, 3.63) is 66.0 Å². The van der Waals surface area contributed by atoms with Crippen molar-refractivity contribution in [2.45, 2.75) is 39.0 Å². The third-order valence-electron chi connectivity index (χ3n) is 5.38. The zero-order valence-corrected chi connectivity index (χ0v) is 20.3. The fourth-order valence-electron chi connectivity index (χ4n) is 3.73. The highest BCUT2D eigenvalue weighted by molar-refractivity contribution is 7.90. The van der Waals surface area contributed by atoms with E-state index in [9.17, 15) is 13.2 Å². The lowest BCUT2D eigenvalue weighted by atomic mass is 10.2. The fraction of sp³-hybridized carbons (Fsp3) is 0.333. The summed E-state index contributed by atoms with van der Waals surface area (Å²) in [6, 6.07) is 8.22. The van der Waals surface area contributed by atoms with E-state index in [-0.39, 0.29) is 0 Å². The van der Waals surface area contributed by atoms with Crippen LogP contribution < -0.4 is 10.0 Å². The number of fused-ring (bicyclic) bond motifs is 1. The Morgan fingerprint density at radius 1 is 1.27 bits per heavy atom. The van der Waals surface area contributed by atoms with Crippen LogP contribution in [-0.4, -0.2) is 40.6 Å². The minimum absolute atomic E-state index is 0.515. The maximum Gasteiger partial charge on any atom is 0.257 e. The molecule has 0 spiro atoms. The van der Waals surface area contributed by atoms with Gasteiger partial charge in [0.25, 0.3) is 15.9 Å². The van der Waals surface area contributed by atoms with E-state index in [4.69, 9.17) is 0 Å². The van der Waals surface area contributed by atoms with Gasteiger partial charge in [-0.05, 0) is 51.1 Å². The molecule has 9 heteroatoms. The molecule has 0 saturated heterocycles. The molecule has 0 aliphatic rings. The summed E-state index contributed by atoms with van der Waals surface area (Å²) in [5, 5.41) is 7.43. The van der Waals surface area contributed by atoms with Gasteiger partial charge in [-0.25, -0.2) is 13.1 Å². The van der Waals surface area contributed by atoms with E-state index in [1.807, 2.05) is 56.8 Å². The Hall–Kier alpha value is -3.17. The van der Waals surface area contributed by atoms with E-state index in [0.717, 1.165) is 40.8 Å². The average Bonchev–Trinajstić information content (AvgIpc) is 3.27. The largest absolute Gasteiger partial charge is 0.301 e. The zero-order valence-electron chi connectivity index (χ0n) is 19.5. The number of aryl methyl sites for hydroxylation is 3. The Labute approximate surface area is 195 Å². The van der Waals surface area contributed by atoms with Crippen molar-refractivity contribution in [1.82, 2.24) is 24.4 Å². The second kappa shape index (κ2) is 10.2. The molecule has 0 radical (unpaired) electrons. The standard InChI is InChI=1S/C24H31N5O3S/c1-6-8-14-25-23(7-2)33(31,32)27-22(30)12-10-20-18(4)26-28(5)24(20)29-15-13-19-16-17(3)9-11-21(19)29/h7,9-13,15-16,23,25H,2,6,8,14H2,1,3-5H3,(H,27,30)/b12-10+. The molecule has 1 atom stereocenters. The van der Waals surface area contributed by atoms with E-state index in [0.29, 0.717) is 6.54 Å². The SMILES string of the molecule is C=CC(NCCCC)S(=O)(=O)NC(=O)/C=C/c1c(C)nn(C)c1-n1ccc2cc(C)ccc21. The van der Waals surface area contributed by atoms with Crippen molar-refractivity contribution in [2.75, 3.05) is 6.54 Å². The first kappa shape index (κ1) is 24.5. The fourth-order valence-corrected chi connectivity index (χ4v) is 4.79. The molecule has 3 aromatic rings. The molecule has 0 fully saturated rings. The van der Waals surface area contributed by atoms with Crippen LogP contribution in [0, 0.1) is 13.8 Å². The lowest BCUT2D eigenvalue weighted by molar-refractivity contribution is -0.114. The van der Waals surface area contributed by atoms with E-state index >= 15 is 0 Å². The number of rotatable bonds is 10. The molecular weight excluding hydrogens is 438 g/mol. The van der Waals surface area contributed by atoms with Gasteiger partial charge in [-0.15, -0.1) is 6.58 Å². The number of unbranched alkanes of at least 4 members (excludes halogenated alkanes) is 1. The van der Waals surface area contributed by atoms with Crippen LogP contribution >= 0.6 is 0 Å². The van der Waals surface area contributed by atoms with Crippen molar-refractivity contribution in [3.63, 3.8) is 0 Å². The van der Waals surface area contributed by atoms with Crippen molar-refractivity contribution in [1.29, 1.82) is 0 Å². The molecule has 176 valence electrons. The quantitative estimate of drug-likeness (QED) is 0.270. The molecule has 2 aromatic heterocycles. The number of hydrogen-bond donors (Lipinski definition) is 2. The Kier molecular flexibility index (Phi) is 7.55. The highest BCUT2D eigenvalue weighted by Gasteiger charge is 2.23. The van der Waals surface area contributed by atoms with Gasteiger partial charge in [0.05, 0.1) is 11.2 Å². The highest BCUT2D eigenvalue weighted by Crippen LogP contribution is 2.26. The number of carbonyl (C=O) groups excluding carboxylic acids is 1. The predicted octanol–water partition coefficient (Wildman–Crippen LogP) is 3.34. The summed E-state index contributed by atoms with van der Waals surface area (Å²) in [6.45, 7) is 9.98. The third-order valence-corrected chi connectivity index (χ3v) is 6.89. The predicted molar refractivity (Wildman–Crippen MR) is 133 cm³/mol. The monoisotopic (exact) mass is 469 g/mol. The smallest absolute Gasteiger partial charge is 0.257 e. The van der Waals surface area contributed by atoms with Crippen LogP contribution in [0.3, 0.4) is 0 Å². The number of benzene rings is 1. The Bertz CT molecular complexity index is 1300. The molecule has 0 aliphatic carbocycles. The van der Waals surface area contributed by atoms with Crippen LogP contribution in [0.2, 0.25) is 0 Å². The van der Waals surface area contributed by atoms with Crippen LogP contribution in [-0.2, 0) is 21.9 Å². The van der Waals surface area contributed by atoms with Gasteiger partial charge in [0.15, 0.2) is 0 Å². The van der Waals surface area contributed by atoms with Crippen molar-refractivity contribution in [2.24, 2.45) is 7.05 Å². The van der Waals surface area contributed by atoms with Gasteiger partial charge in [0.1, 0.15) is 11.2 Å². The van der Waals surface area contributed by atoms with Gasteiger partial charge in [-0.3, -0.25) is 14.8 Å². The lowest BCUT2D eigenvalue weighted by Gasteiger charge is -2.15. The van der Waals surface area contributed by atoms with Gasteiger partial charge in [-0.2, -0.15) is 5.10 Å². The minimum Gasteiger partial charge on any atom is -0.301 e. The summed E-state index contributed by atoms with van der Waals surface area (Å²) in [7, 11) is -2.12. The average molecular weight is 470 g/mol. The van der Waals surface area contributed by atoms with E-state index in [1.54, 1.807) is 10.8 Å². The van der Waals surface area contributed by atoms with Gasteiger partial charge in [0, 0.05) is 30.3 Å². The Balaban J connectivity index is 1.86. The van der Waals surface area contributed by atoms with Gasteiger partial charge in [-0.1, -0.05) is 31.1 Å². The van der Waals surface area contributed by atoms with Gasteiger partial charge in [0.2, 0.25) is 0 Å². The molecule has 2 heterocycles. The van der Waals surface area contributed by atoms with E-state index < -0.39 is 21.3 Å². The lowest BCUT2D eigenvalue weighted by Crippen LogP contribution is -2.44. The number of amides is 1. The summed E-state index contributed by atoms with van der Waals surface area (Å²) in [4.78, 5) is 12.5. The molecule has 1 aromatic carbocycles. The summed E-state index contributed by atoms with van der Waals surface area (Å²) in [6.07, 6.45) is 7.79. The van der Waals surface area contributed by atoms with Gasteiger partial charge < -0.3 is 4.57 Å². The molecule has 1 unspecified atom stereocenters. The topological polar surface area (TPSA) is 98.0 Å². The van der Waals surface area contributed by atoms with Crippen molar-refractivity contribution in [3.8, 4) is 5.82 Å². The van der Waals surface area contributed by atoms with Crippen LogP contribution in [0.4, 0.5) is 0 Å².